The van der Waals surface area contributed by atoms with Crippen molar-refractivity contribution in [3.8, 4) is 5.75 Å². The van der Waals surface area contributed by atoms with Crippen molar-refractivity contribution < 1.29 is 4.74 Å². The summed E-state index contributed by atoms with van der Waals surface area (Å²) in [6.45, 7) is 4.26. The highest BCUT2D eigenvalue weighted by atomic mass is 35.5. The second kappa shape index (κ2) is 6.63. The summed E-state index contributed by atoms with van der Waals surface area (Å²) in [7, 11) is 0. The summed E-state index contributed by atoms with van der Waals surface area (Å²) in [4.78, 5) is 2.38. The van der Waals surface area contributed by atoms with E-state index < -0.39 is 0 Å². The van der Waals surface area contributed by atoms with Crippen LogP contribution in [0.3, 0.4) is 0 Å². The minimum absolute atomic E-state index is 0.718. The maximum Gasteiger partial charge on any atom is 0.142 e. The molecule has 4 nitrogen and oxygen atoms in total. The Morgan fingerprint density at radius 3 is 2.62 bits per heavy atom. The van der Waals surface area contributed by atoms with Crippen LogP contribution in [0.4, 0.5) is 5.69 Å². The third-order valence-electron chi connectivity index (χ3n) is 4.84. The summed E-state index contributed by atoms with van der Waals surface area (Å²) < 4.78 is 5.94. The SMILES string of the molecule is NN1CCc2cc3c(cc2CC1)N(Cc1cccc(Cl)c1)CCO3. The van der Waals surface area contributed by atoms with Gasteiger partial charge in [0.05, 0.1) is 12.2 Å². The van der Waals surface area contributed by atoms with Crippen molar-refractivity contribution in [1.82, 2.24) is 5.01 Å². The predicted octanol–water partition coefficient (Wildman–Crippen LogP) is 3.01. The zero-order valence-corrected chi connectivity index (χ0v) is 14.4. The second-order valence-electron chi connectivity index (χ2n) is 6.52. The van der Waals surface area contributed by atoms with E-state index in [0.29, 0.717) is 0 Å². The van der Waals surface area contributed by atoms with Gasteiger partial charge in [-0.3, -0.25) is 5.84 Å². The number of hydrogen-bond donors (Lipinski definition) is 1. The third-order valence-corrected chi connectivity index (χ3v) is 5.07. The van der Waals surface area contributed by atoms with Gasteiger partial charge in [-0.15, -0.1) is 0 Å². The summed E-state index contributed by atoms with van der Waals surface area (Å²) in [6, 6.07) is 12.6. The van der Waals surface area contributed by atoms with Crippen molar-refractivity contribution in [2.75, 3.05) is 31.1 Å². The van der Waals surface area contributed by atoms with E-state index in [9.17, 15) is 0 Å². The minimum Gasteiger partial charge on any atom is -0.490 e. The molecule has 2 aliphatic rings. The first-order valence-electron chi connectivity index (χ1n) is 8.47. The highest BCUT2D eigenvalue weighted by Crippen LogP contribution is 2.36. The summed E-state index contributed by atoms with van der Waals surface area (Å²) in [6.07, 6.45) is 1.97. The molecule has 0 aromatic heterocycles. The smallest absolute Gasteiger partial charge is 0.142 e. The summed E-state index contributed by atoms with van der Waals surface area (Å²) in [5.74, 6) is 6.98. The molecule has 0 bridgehead atoms. The van der Waals surface area contributed by atoms with E-state index in [-0.39, 0.29) is 0 Å². The van der Waals surface area contributed by atoms with E-state index in [2.05, 4.69) is 23.1 Å². The normalized spacial score (nSPS) is 17.7. The first-order valence-corrected chi connectivity index (χ1v) is 8.84. The second-order valence-corrected chi connectivity index (χ2v) is 6.96. The van der Waals surface area contributed by atoms with Gasteiger partial charge >= 0.3 is 0 Å². The van der Waals surface area contributed by atoms with Crippen molar-refractivity contribution in [3.63, 3.8) is 0 Å². The van der Waals surface area contributed by atoms with E-state index >= 15 is 0 Å². The molecule has 4 rings (SSSR count). The van der Waals surface area contributed by atoms with E-state index in [0.717, 1.165) is 56.4 Å². The van der Waals surface area contributed by atoms with Gasteiger partial charge in [-0.2, -0.15) is 0 Å². The Morgan fingerprint density at radius 1 is 1.04 bits per heavy atom. The fraction of sp³-hybridized carbons (Fsp3) is 0.368. The standard InChI is InChI=1S/C19H22ClN3O/c20-17-3-1-2-14(10-17)13-22-8-9-24-19-12-16-5-7-23(21)6-4-15(16)11-18(19)22/h1-3,10-12H,4-9,13,21H2. The van der Waals surface area contributed by atoms with Crippen LogP contribution < -0.4 is 15.5 Å². The van der Waals surface area contributed by atoms with E-state index in [4.69, 9.17) is 22.2 Å². The number of anilines is 1. The molecule has 0 aliphatic carbocycles. The van der Waals surface area contributed by atoms with Gasteiger partial charge in [-0.1, -0.05) is 23.7 Å². The Labute approximate surface area is 147 Å². The van der Waals surface area contributed by atoms with Crippen LogP contribution in [0.1, 0.15) is 16.7 Å². The van der Waals surface area contributed by atoms with Crippen LogP contribution in [0.2, 0.25) is 5.02 Å². The van der Waals surface area contributed by atoms with Crippen molar-refractivity contribution in [1.29, 1.82) is 0 Å². The van der Waals surface area contributed by atoms with Gasteiger partial charge in [-0.25, -0.2) is 5.01 Å². The fourth-order valence-electron chi connectivity index (χ4n) is 3.53. The van der Waals surface area contributed by atoms with Crippen LogP contribution in [-0.4, -0.2) is 31.3 Å². The van der Waals surface area contributed by atoms with Gasteiger partial charge in [0.1, 0.15) is 12.4 Å². The maximum atomic E-state index is 6.13. The van der Waals surface area contributed by atoms with Gasteiger partial charge in [-0.05, 0) is 53.8 Å². The molecule has 0 unspecified atom stereocenters. The lowest BCUT2D eigenvalue weighted by molar-refractivity contribution is 0.298. The number of halogens is 1. The summed E-state index contributed by atoms with van der Waals surface area (Å²) >= 11 is 6.13. The van der Waals surface area contributed by atoms with Gasteiger partial charge in [0.2, 0.25) is 0 Å². The van der Waals surface area contributed by atoms with Crippen molar-refractivity contribution >= 4 is 17.3 Å². The molecule has 0 atom stereocenters. The van der Waals surface area contributed by atoms with Crippen LogP contribution in [0.15, 0.2) is 36.4 Å². The van der Waals surface area contributed by atoms with Crippen LogP contribution in [-0.2, 0) is 19.4 Å². The number of nitrogens with two attached hydrogens (primary N) is 1. The Balaban J connectivity index is 1.64. The lowest BCUT2D eigenvalue weighted by atomic mass is 10.00. The number of ether oxygens (including phenoxy) is 1. The Kier molecular flexibility index (Phi) is 4.35. The molecule has 2 N–H and O–H groups in total. The highest BCUT2D eigenvalue weighted by molar-refractivity contribution is 6.30. The number of nitrogens with zero attached hydrogens (tertiary/aromatic N) is 2. The Morgan fingerprint density at radius 2 is 1.83 bits per heavy atom. The van der Waals surface area contributed by atoms with Crippen molar-refractivity contribution in [3.05, 3.63) is 58.1 Å². The molecule has 0 saturated heterocycles. The largest absolute Gasteiger partial charge is 0.490 e. The van der Waals surface area contributed by atoms with Gasteiger partial charge in [0, 0.05) is 24.7 Å². The van der Waals surface area contributed by atoms with Crippen LogP contribution in [0, 0.1) is 0 Å². The number of benzene rings is 2. The van der Waals surface area contributed by atoms with E-state index in [1.165, 1.54) is 22.4 Å². The van der Waals surface area contributed by atoms with Crippen molar-refractivity contribution in [2.24, 2.45) is 5.84 Å². The van der Waals surface area contributed by atoms with E-state index in [1.807, 2.05) is 23.2 Å². The molecule has 2 aliphatic heterocycles. The average molecular weight is 344 g/mol. The molecule has 0 spiro atoms. The molecular weight excluding hydrogens is 322 g/mol. The molecule has 2 aromatic carbocycles. The Bertz CT molecular complexity index is 749. The highest BCUT2D eigenvalue weighted by Gasteiger charge is 2.22. The number of fused-ring (bicyclic) bond motifs is 2. The minimum atomic E-state index is 0.718. The van der Waals surface area contributed by atoms with E-state index in [1.54, 1.807) is 0 Å². The van der Waals surface area contributed by atoms with Gasteiger partial charge < -0.3 is 9.64 Å². The first-order chi connectivity index (χ1) is 11.7. The van der Waals surface area contributed by atoms with Crippen LogP contribution >= 0.6 is 11.6 Å². The summed E-state index contributed by atoms with van der Waals surface area (Å²) in [5.41, 5.74) is 5.17. The average Bonchev–Trinajstić information content (AvgIpc) is 2.75. The predicted molar refractivity (Wildman–Crippen MR) is 97.6 cm³/mol. The number of rotatable bonds is 2. The maximum absolute atomic E-state index is 6.13. The lowest BCUT2D eigenvalue weighted by Crippen LogP contribution is -2.33. The zero-order valence-electron chi connectivity index (χ0n) is 13.7. The first kappa shape index (κ1) is 15.8. The molecule has 0 amide bonds. The lowest BCUT2D eigenvalue weighted by Gasteiger charge is -2.32. The quantitative estimate of drug-likeness (QED) is 0.851. The summed E-state index contributed by atoms with van der Waals surface area (Å²) in [5, 5.41) is 2.69. The molecule has 126 valence electrons. The molecule has 2 heterocycles. The fourth-order valence-corrected chi connectivity index (χ4v) is 3.74. The Hall–Kier alpha value is -1.75. The van der Waals surface area contributed by atoms with Crippen molar-refractivity contribution in [2.45, 2.75) is 19.4 Å². The molecule has 0 saturated carbocycles. The monoisotopic (exact) mass is 343 g/mol. The van der Waals surface area contributed by atoms with Crippen LogP contribution in [0.25, 0.3) is 0 Å². The molecule has 2 aromatic rings. The molecule has 24 heavy (non-hydrogen) atoms. The van der Waals surface area contributed by atoms with Gasteiger partial charge in [0.25, 0.3) is 0 Å². The molecule has 5 heteroatoms. The van der Waals surface area contributed by atoms with Gasteiger partial charge in [0.15, 0.2) is 0 Å². The topological polar surface area (TPSA) is 41.7 Å². The molecule has 0 fully saturated rings. The van der Waals surface area contributed by atoms with Crippen LogP contribution in [0.5, 0.6) is 5.75 Å². The third kappa shape index (κ3) is 3.22. The zero-order chi connectivity index (χ0) is 16.5. The number of hydrogen-bond acceptors (Lipinski definition) is 4. The number of hydrazine groups is 1. The molecular formula is C19H22ClN3O. The molecule has 0 radical (unpaired) electrons.